The monoisotopic (exact) mass is 217 g/mol. The molecule has 1 aromatic heterocycles. The first-order valence-corrected chi connectivity index (χ1v) is 5.45. The largest absolute Gasteiger partial charge is 0.228 e. The lowest BCUT2D eigenvalue weighted by Crippen LogP contribution is -1.87. The zero-order chi connectivity index (χ0) is 12.0. The molecule has 16 heavy (non-hydrogen) atoms. The summed E-state index contributed by atoms with van der Waals surface area (Å²) in [6.07, 6.45) is 1.45. The van der Waals surface area contributed by atoms with Crippen LogP contribution < -0.4 is 0 Å². The molecule has 0 spiro atoms. The molecule has 0 saturated carbocycles. The van der Waals surface area contributed by atoms with Crippen molar-refractivity contribution in [1.29, 1.82) is 0 Å². The van der Waals surface area contributed by atoms with Crippen molar-refractivity contribution in [3.63, 3.8) is 0 Å². The minimum Gasteiger partial charge on any atom is -0.228 e. The van der Waals surface area contributed by atoms with Gasteiger partial charge >= 0.3 is 0 Å². The zero-order valence-electron chi connectivity index (χ0n) is 9.87. The quantitative estimate of drug-likeness (QED) is 0.652. The fourth-order valence-electron chi connectivity index (χ4n) is 1.33. The van der Waals surface area contributed by atoms with Crippen LogP contribution in [0.4, 0.5) is 4.39 Å². The van der Waals surface area contributed by atoms with Crippen LogP contribution in [0.15, 0.2) is 42.6 Å². The van der Waals surface area contributed by atoms with Crippen molar-refractivity contribution in [3.05, 3.63) is 54.1 Å². The molecular formula is C14H16FN. The van der Waals surface area contributed by atoms with Gasteiger partial charge in [-0.1, -0.05) is 43.7 Å². The van der Waals surface area contributed by atoms with Crippen molar-refractivity contribution >= 4 is 0 Å². The summed E-state index contributed by atoms with van der Waals surface area (Å²) in [6, 6.07) is 11.2. The summed E-state index contributed by atoms with van der Waals surface area (Å²) in [5.74, 6) is -0.420. The molecule has 0 N–H and O–H groups in total. The van der Waals surface area contributed by atoms with E-state index in [1.54, 1.807) is 12.1 Å². The van der Waals surface area contributed by atoms with Crippen molar-refractivity contribution < 1.29 is 4.39 Å². The number of hydrogen-bond acceptors (Lipinski definition) is 1. The van der Waals surface area contributed by atoms with Crippen molar-refractivity contribution in [2.45, 2.75) is 20.8 Å². The minimum absolute atomic E-state index is 0.420. The Balaban J connectivity index is 0.000000606. The molecule has 0 saturated heterocycles. The number of nitrogens with zero attached hydrogens (tertiary/aromatic N) is 1. The highest BCUT2D eigenvalue weighted by Crippen LogP contribution is 2.20. The molecule has 0 atom stereocenters. The first-order valence-electron chi connectivity index (χ1n) is 5.45. The molecule has 0 radical (unpaired) electrons. The summed E-state index contributed by atoms with van der Waals surface area (Å²) in [6.45, 7) is 6.00. The van der Waals surface area contributed by atoms with E-state index in [2.05, 4.69) is 4.98 Å². The van der Waals surface area contributed by atoms with Crippen LogP contribution in [0.2, 0.25) is 0 Å². The van der Waals surface area contributed by atoms with Crippen molar-refractivity contribution in [3.8, 4) is 11.1 Å². The van der Waals surface area contributed by atoms with Gasteiger partial charge in [0.2, 0.25) is 5.95 Å². The Morgan fingerprint density at radius 3 is 2.19 bits per heavy atom. The topological polar surface area (TPSA) is 12.9 Å². The number of rotatable bonds is 1. The van der Waals surface area contributed by atoms with E-state index in [-0.39, 0.29) is 0 Å². The molecular weight excluding hydrogens is 201 g/mol. The van der Waals surface area contributed by atoms with Gasteiger partial charge in [0.25, 0.3) is 0 Å². The van der Waals surface area contributed by atoms with Crippen LogP contribution in [0.3, 0.4) is 0 Å². The fourth-order valence-corrected chi connectivity index (χ4v) is 1.33. The smallest absolute Gasteiger partial charge is 0.220 e. The Hall–Kier alpha value is -1.70. The van der Waals surface area contributed by atoms with Crippen LogP contribution in [-0.2, 0) is 0 Å². The minimum atomic E-state index is -0.420. The van der Waals surface area contributed by atoms with E-state index in [0.29, 0.717) is 5.56 Å². The summed E-state index contributed by atoms with van der Waals surface area (Å²) in [7, 11) is 0. The Labute approximate surface area is 96.0 Å². The molecule has 0 aliphatic carbocycles. The Morgan fingerprint density at radius 2 is 1.62 bits per heavy atom. The summed E-state index contributed by atoms with van der Waals surface area (Å²) >= 11 is 0. The van der Waals surface area contributed by atoms with Crippen molar-refractivity contribution in [1.82, 2.24) is 4.98 Å². The standard InChI is InChI=1S/C12H10FN.C2H6/c1-9-4-6-10(7-5-9)11-3-2-8-14-12(11)13;1-2/h2-8H,1H3;1-2H3. The first-order chi connectivity index (χ1) is 7.77. The second kappa shape index (κ2) is 6.01. The molecule has 1 nitrogen and oxygen atoms in total. The van der Waals surface area contributed by atoms with Crippen LogP contribution in [0.1, 0.15) is 19.4 Å². The van der Waals surface area contributed by atoms with Gasteiger partial charge in [-0.2, -0.15) is 4.39 Å². The van der Waals surface area contributed by atoms with Crippen LogP contribution in [0, 0.1) is 12.9 Å². The summed E-state index contributed by atoms with van der Waals surface area (Å²) in [4.78, 5) is 3.61. The van der Waals surface area contributed by atoms with E-state index in [1.807, 2.05) is 45.0 Å². The van der Waals surface area contributed by atoms with Gasteiger partial charge in [0.15, 0.2) is 0 Å². The Bertz CT molecular complexity index is 435. The normalized spacial score (nSPS) is 9.25. The maximum Gasteiger partial charge on any atom is 0.220 e. The number of hydrogen-bond donors (Lipinski definition) is 0. The van der Waals surface area contributed by atoms with Crippen molar-refractivity contribution in [2.75, 3.05) is 0 Å². The third kappa shape index (κ3) is 2.89. The summed E-state index contributed by atoms with van der Waals surface area (Å²) < 4.78 is 13.3. The van der Waals surface area contributed by atoms with Gasteiger partial charge in [-0.3, -0.25) is 0 Å². The third-order valence-corrected chi connectivity index (χ3v) is 2.12. The molecule has 2 aromatic rings. The highest BCUT2D eigenvalue weighted by molar-refractivity contribution is 5.63. The van der Waals surface area contributed by atoms with E-state index in [0.717, 1.165) is 11.1 Å². The Morgan fingerprint density at radius 1 is 1.00 bits per heavy atom. The van der Waals surface area contributed by atoms with Gasteiger partial charge in [-0.15, -0.1) is 0 Å². The van der Waals surface area contributed by atoms with Gasteiger partial charge in [-0.05, 0) is 24.6 Å². The lowest BCUT2D eigenvalue weighted by Gasteiger charge is -2.02. The zero-order valence-corrected chi connectivity index (χ0v) is 9.87. The molecule has 0 bridgehead atoms. The summed E-state index contributed by atoms with van der Waals surface area (Å²) in [5.41, 5.74) is 2.58. The average molecular weight is 217 g/mol. The molecule has 1 heterocycles. The highest BCUT2D eigenvalue weighted by Gasteiger charge is 2.03. The maximum absolute atomic E-state index is 13.3. The SMILES string of the molecule is CC.Cc1ccc(-c2cccnc2F)cc1. The van der Waals surface area contributed by atoms with E-state index in [9.17, 15) is 4.39 Å². The average Bonchev–Trinajstić information content (AvgIpc) is 2.34. The predicted molar refractivity (Wildman–Crippen MR) is 65.7 cm³/mol. The van der Waals surface area contributed by atoms with Gasteiger partial charge in [-0.25, -0.2) is 4.98 Å². The molecule has 0 aliphatic rings. The molecule has 84 valence electrons. The Kier molecular flexibility index (Phi) is 4.65. The van der Waals surface area contributed by atoms with Gasteiger partial charge in [0.1, 0.15) is 0 Å². The molecule has 2 rings (SSSR count). The molecule has 0 amide bonds. The molecule has 2 heteroatoms. The van der Waals surface area contributed by atoms with E-state index in [4.69, 9.17) is 0 Å². The lowest BCUT2D eigenvalue weighted by atomic mass is 10.1. The molecule has 1 aromatic carbocycles. The second-order valence-electron chi connectivity index (χ2n) is 3.21. The van der Waals surface area contributed by atoms with Gasteiger partial charge in [0.05, 0.1) is 0 Å². The first kappa shape index (κ1) is 12.4. The van der Waals surface area contributed by atoms with Gasteiger partial charge in [0, 0.05) is 11.8 Å². The van der Waals surface area contributed by atoms with Crippen molar-refractivity contribution in [2.24, 2.45) is 0 Å². The van der Waals surface area contributed by atoms with Crippen LogP contribution in [-0.4, -0.2) is 4.98 Å². The number of pyridine rings is 1. The third-order valence-electron chi connectivity index (χ3n) is 2.12. The lowest BCUT2D eigenvalue weighted by molar-refractivity contribution is 0.587. The van der Waals surface area contributed by atoms with Gasteiger partial charge < -0.3 is 0 Å². The molecule has 0 aliphatic heterocycles. The predicted octanol–water partition coefficient (Wildman–Crippen LogP) is 4.22. The van der Waals surface area contributed by atoms with E-state index < -0.39 is 5.95 Å². The van der Waals surface area contributed by atoms with Crippen LogP contribution in [0.5, 0.6) is 0 Å². The highest BCUT2D eigenvalue weighted by atomic mass is 19.1. The van der Waals surface area contributed by atoms with Crippen LogP contribution >= 0.6 is 0 Å². The fraction of sp³-hybridized carbons (Fsp3) is 0.214. The number of benzene rings is 1. The molecule has 0 fully saturated rings. The van der Waals surface area contributed by atoms with Crippen LogP contribution in [0.25, 0.3) is 11.1 Å². The molecule has 0 unspecified atom stereocenters. The van der Waals surface area contributed by atoms with E-state index >= 15 is 0 Å². The maximum atomic E-state index is 13.3. The second-order valence-corrected chi connectivity index (χ2v) is 3.21. The van der Waals surface area contributed by atoms with E-state index in [1.165, 1.54) is 6.20 Å². The summed E-state index contributed by atoms with van der Waals surface area (Å²) in [5, 5.41) is 0. The number of aryl methyl sites for hydroxylation is 1. The number of aromatic nitrogens is 1. The number of halogens is 1.